The van der Waals surface area contributed by atoms with Crippen LogP contribution in [-0.2, 0) is 11.3 Å². The van der Waals surface area contributed by atoms with E-state index in [4.69, 9.17) is 15.2 Å². The van der Waals surface area contributed by atoms with Gasteiger partial charge in [-0.2, -0.15) is 0 Å². The summed E-state index contributed by atoms with van der Waals surface area (Å²) < 4.78 is 10.5. The summed E-state index contributed by atoms with van der Waals surface area (Å²) in [5, 5.41) is 2.80. The van der Waals surface area contributed by atoms with Gasteiger partial charge >= 0.3 is 0 Å². The minimum atomic E-state index is -0.603. The average Bonchev–Trinajstić information content (AvgIpc) is 2.58. The minimum Gasteiger partial charge on any atom is -0.496 e. The molecule has 0 bridgehead atoms. The summed E-state index contributed by atoms with van der Waals surface area (Å²) >= 11 is 0. The number of hydrogen-bond donors (Lipinski definition) is 2. The molecule has 0 fully saturated rings. The number of primary amides is 1. The van der Waals surface area contributed by atoms with Gasteiger partial charge in [0.2, 0.25) is 0 Å². The number of carbonyl (C=O) groups excluding carboxylic acids is 2. The van der Waals surface area contributed by atoms with Crippen LogP contribution < -0.4 is 20.5 Å². The third kappa shape index (κ3) is 4.47. The van der Waals surface area contributed by atoms with Gasteiger partial charge in [0.05, 0.1) is 12.7 Å². The third-order valence-electron chi connectivity index (χ3n) is 3.13. The van der Waals surface area contributed by atoms with Crippen LogP contribution in [0.1, 0.15) is 15.9 Å². The Kier molecular flexibility index (Phi) is 5.57. The molecule has 0 saturated carbocycles. The lowest BCUT2D eigenvalue weighted by Crippen LogP contribution is -2.25. The molecular weight excluding hydrogens is 296 g/mol. The van der Waals surface area contributed by atoms with Crippen LogP contribution in [-0.4, -0.2) is 25.5 Å². The van der Waals surface area contributed by atoms with E-state index >= 15 is 0 Å². The van der Waals surface area contributed by atoms with Gasteiger partial charge in [-0.3, -0.25) is 9.59 Å². The molecular formula is C17H18N2O4. The first-order chi connectivity index (χ1) is 11.1. The molecule has 2 amide bonds. The van der Waals surface area contributed by atoms with E-state index in [0.29, 0.717) is 23.6 Å². The van der Waals surface area contributed by atoms with Crippen LogP contribution in [0, 0.1) is 0 Å². The molecule has 0 atom stereocenters. The van der Waals surface area contributed by atoms with Gasteiger partial charge in [0.1, 0.15) is 11.5 Å². The van der Waals surface area contributed by atoms with E-state index in [-0.39, 0.29) is 12.5 Å². The lowest BCUT2D eigenvalue weighted by Gasteiger charge is -2.12. The number of hydrogen-bond acceptors (Lipinski definition) is 4. The molecule has 2 aromatic rings. The van der Waals surface area contributed by atoms with Crippen molar-refractivity contribution in [2.45, 2.75) is 6.54 Å². The van der Waals surface area contributed by atoms with E-state index in [1.807, 2.05) is 24.3 Å². The molecule has 0 aliphatic carbocycles. The Morgan fingerprint density at radius 3 is 2.39 bits per heavy atom. The van der Waals surface area contributed by atoms with E-state index in [1.54, 1.807) is 31.4 Å². The molecule has 6 nitrogen and oxygen atoms in total. The molecule has 0 aromatic heterocycles. The quantitative estimate of drug-likeness (QED) is 0.810. The van der Waals surface area contributed by atoms with Crippen LogP contribution in [0.2, 0.25) is 0 Å². The number of nitrogens with one attached hydrogen (secondary N) is 1. The third-order valence-corrected chi connectivity index (χ3v) is 3.13. The second-order valence-corrected chi connectivity index (χ2v) is 4.75. The molecule has 2 aromatic carbocycles. The standard InChI is InChI=1S/C17H18N2O4/c1-22-14-8-4-2-6-12(14)10-19-17(21)13-7-3-5-9-15(13)23-11-16(18)20/h2-9H,10-11H2,1H3,(H2,18,20)(H,19,21). The highest BCUT2D eigenvalue weighted by Gasteiger charge is 2.13. The lowest BCUT2D eigenvalue weighted by atomic mass is 10.1. The number of ether oxygens (including phenoxy) is 2. The van der Waals surface area contributed by atoms with Crippen LogP contribution in [0.4, 0.5) is 0 Å². The zero-order valence-electron chi connectivity index (χ0n) is 12.7. The van der Waals surface area contributed by atoms with Crippen molar-refractivity contribution in [1.29, 1.82) is 0 Å². The second-order valence-electron chi connectivity index (χ2n) is 4.75. The van der Waals surface area contributed by atoms with E-state index in [0.717, 1.165) is 5.56 Å². The first-order valence-electron chi connectivity index (χ1n) is 7.02. The molecule has 0 aliphatic rings. The molecule has 0 unspecified atom stereocenters. The number of nitrogens with two attached hydrogens (primary N) is 1. The molecule has 0 saturated heterocycles. The van der Waals surface area contributed by atoms with Crippen molar-refractivity contribution in [2.24, 2.45) is 5.73 Å². The topological polar surface area (TPSA) is 90.7 Å². The van der Waals surface area contributed by atoms with Crippen LogP contribution in [0.25, 0.3) is 0 Å². The predicted octanol–water partition coefficient (Wildman–Crippen LogP) is 1.49. The fraction of sp³-hybridized carbons (Fsp3) is 0.176. The highest BCUT2D eigenvalue weighted by atomic mass is 16.5. The Morgan fingerprint density at radius 2 is 1.70 bits per heavy atom. The fourth-order valence-corrected chi connectivity index (χ4v) is 2.05. The van der Waals surface area contributed by atoms with Gasteiger partial charge in [0.15, 0.2) is 6.61 Å². The largest absolute Gasteiger partial charge is 0.496 e. The van der Waals surface area contributed by atoms with Gasteiger partial charge in [-0.1, -0.05) is 30.3 Å². The van der Waals surface area contributed by atoms with Crippen molar-refractivity contribution in [2.75, 3.05) is 13.7 Å². The molecule has 0 spiro atoms. The Balaban J connectivity index is 2.07. The fourth-order valence-electron chi connectivity index (χ4n) is 2.05. The van der Waals surface area contributed by atoms with Gasteiger partial charge in [-0.05, 0) is 18.2 Å². The average molecular weight is 314 g/mol. The molecule has 0 radical (unpaired) electrons. The van der Waals surface area contributed by atoms with Gasteiger partial charge < -0.3 is 20.5 Å². The SMILES string of the molecule is COc1ccccc1CNC(=O)c1ccccc1OCC(N)=O. The van der Waals surface area contributed by atoms with Crippen LogP contribution in [0.15, 0.2) is 48.5 Å². The van der Waals surface area contributed by atoms with Crippen LogP contribution in [0.3, 0.4) is 0 Å². The summed E-state index contributed by atoms with van der Waals surface area (Å²) in [4.78, 5) is 23.2. The van der Waals surface area contributed by atoms with Gasteiger partial charge in [-0.25, -0.2) is 0 Å². The Hall–Kier alpha value is -3.02. The summed E-state index contributed by atoms with van der Waals surface area (Å²) in [6, 6.07) is 14.1. The zero-order chi connectivity index (χ0) is 16.7. The molecule has 0 heterocycles. The first kappa shape index (κ1) is 16.4. The van der Waals surface area contributed by atoms with Crippen molar-refractivity contribution in [1.82, 2.24) is 5.32 Å². The molecule has 120 valence electrons. The molecule has 3 N–H and O–H groups in total. The maximum atomic E-state index is 12.3. The van der Waals surface area contributed by atoms with Crippen molar-refractivity contribution in [3.05, 3.63) is 59.7 Å². The van der Waals surface area contributed by atoms with Crippen molar-refractivity contribution >= 4 is 11.8 Å². The number of carbonyl (C=O) groups is 2. The summed E-state index contributed by atoms with van der Waals surface area (Å²) in [6.45, 7) is 0.0315. The van der Waals surface area contributed by atoms with Crippen molar-refractivity contribution in [3.63, 3.8) is 0 Å². The Morgan fingerprint density at radius 1 is 1.04 bits per heavy atom. The smallest absolute Gasteiger partial charge is 0.255 e. The molecule has 6 heteroatoms. The lowest BCUT2D eigenvalue weighted by molar-refractivity contribution is -0.119. The van der Waals surface area contributed by atoms with Gasteiger partial charge in [0.25, 0.3) is 11.8 Å². The highest BCUT2D eigenvalue weighted by Crippen LogP contribution is 2.19. The molecule has 2 rings (SSSR count). The van der Waals surface area contributed by atoms with Gasteiger partial charge in [-0.15, -0.1) is 0 Å². The Labute approximate surface area is 134 Å². The van der Waals surface area contributed by atoms with E-state index in [2.05, 4.69) is 5.32 Å². The predicted molar refractivity (Wildman–Crippen MR) is 85.3 cm³/mol. The van der Waals surface area contributed by atoms with E-state index in [9.17, 15) is 9.59 Å². The Bertz CT molecular complexity index is 700. The second kappa shape index (κ2) is 7.84. The van der Waals surface area contributed by atoms with Crippen LogP contribution in [0.5, 0.6) is 11.5 Å². The monoisotopic (exact) mass is 314 g/mol. The van der Waals surface area contributed by atoms with E-state index in [1.165, 1.54) is 0 Å². The number of rotatable bonds is 7. The van der Waals surface area contributed by atoms with Crippen molar-refractivity contribution < 1.29 is 19.1 Å². The number of para-hydroxylation sites is 2. The first-order valence-corrected chi connectivity index (χ1v) is 7.02. The zero-order valence-corrected chi connectivity index (χ0v) is 12.7. The van der Waals surface area contributed by atoms with Crippen LogP contribution >= 0.6 is 0 Å². The van der Waals surface area contributed by atoms with Crippen molar-refractivity contribution in [3.8, 4) is 11.5 Å². The molecule has 0 aliphatic heterocycles. The summed E-state index contributed by atoms with van der Waals surface area (Å²) in [7, 11) is 1.58. The normalized spacial score (nSPS) is 9.96. The van der Waals surface area contributed by atoms with Gasteiger partial charge in [0, 0.05) is 12.1 Å². The number of methoxy groups -OCH3 is 1. The maximum Gasteiger partial charge on any atom is 0.255 e. The highest BCUT2D eigenvalue weighted by molar-refractivity contribution is 5.97. The maximum absolute atomic E-state index is 12.3. The summed E-state index contributed by atoms with van der Waals surface area (Å²) in [5.74, 6) is 0.0973. The van der Waals surface area contributed by atoms with E-state index < -0.39 is 5.91 Å². The number of benzene rings is 2. The molecule has 23 heavy (non-hydrogen) atoms. The minimum absolute atomic E-state index is 0.281. The summed E-state index contributed by atoms with van der Waals surface area (Å²) in [5.41, 5.74) is 6.25. The number of amides is 2. The summed E-state index contributed by atoms with van der Waals surface area (Å²) in [6.07, 6.45) is 0.